The second-order valence-electron chi connectivity index (χ2n) is 4.96. The van der Waals surface area contributed by atoms with Crippen LogP contribution in [0.5, 0.6) is 0 Å². The highest BCUT2D eigenvalue weighted by molar-refractivity contribution is 5.75. The molecule has 0 aromatic carbocycles. The van der Waals surface area contributed by atoms with E-state index in [-0.39, 0.29) is 0 Å². The average Bonchev–Trinajstić information content (AvgIpc) is 2.42. The number of aliphatic carboxylic acids is 1. The third kappa shape index (κ3) is 5.06. The molecule has 6 heteroatoms. The predicted molar refractivity (Wildman–Crippen MR) is 70.3 cm³/mol. The number of nitrogens with zero attached hydrogens (tertiary/aromatic N) is 1. The molecule has 0 amide bonds. The number of hydrogen-bond acceptors (Lipinski definition) is 5. The lowest BCUT2D eigenvalue weighted by Crippen LogP contribution is -2.48. The van der Waals surface area contributed by atoms with Crippen molar-refractivity contribution in [2.75, 3.05) is 60.3 Å². The number of hydrogen-bond donors (Lipinski definition) is 1. The SMILES string of the molecule is COCCN(CCOC)CC1(C(=O)O)CCOCC1. The van der Waals surface area contributed by atoms with Gasteiger partial charge in [0, 0.05) is 47.1 Å². The van der Waals surface area contributed by atoms with Crippen molar-refractivity contribution >= 4 is 5.97 Å². The Morgan fingerprint density at radius 3 is 2.16 bits per heavy atom. The topological polar surface area (TPSA) is 68.2 Å². The Balaban J connectivity index is 2.63. The maximum atomic E-state index is 11.6. The minimum Gasteiger partial charge on any atom is -0.481 e. The van der Waals surface area contributed by atoms with Gasteiger partial charge in [-0.1, -0.05) is 0 Å². The van der Waals surface area contributed by atoms with Gasteiger partial charge in [0.15, 0.2) is 0 Å². The summed E-state index contributed by atoms with van der Waals surface area (Å²) >= 11 is 0. The van der Waals surface area contributed by atoms with Crippen molar-refractivity contribution in [1.82, 2.24) is 4.90 Å². The van der Waals surface area contributed by atoms with Gasteiger partial charge < -0.3 is 19.3 Å². The molecule has 0 saturated carbocycles. The molecular weight excluding hydrogens is 250 g/mol. The largest absolute Gasteiger partial charge is 0.481 e. The molecule has 1 aliphatic heterocycles. The first kappa shape index (κ1) is 16.4. The Kier molecular flexibility index (Phi) is 7.30. The molecule has 112 valence electrons. The molecular formula is C13H25NO5. The van der Waals surface area contributed by atoms with Crippen LogP contribution in [0.2, 0.25) is 0 Å². The lowest BCUT2D eigenvalue weighted by atomic mass is 9.79. The summed E-state index contributed by atoms with van der Waals surface area (Å²) in [7, 11) is 3.30. The van der Waals surface area contributed by atoms with E-state index in [9.17, 15) is 9.90 Å². The number of carboxylic acids is 1. The highest BCUT2D eigenvalue weighted by Gasteiger charge is 2.41. The second-order valence-corrected chi connectivity index (χ2v) is 4.96. The molecule has 6 nitrogen and oxygen atoms in total. The molecule has 0 bridgehead atoms. The summed E-state index contributed by atoms with van der Waals surface area (Å²) < 4.78 is 15.4. The molecule has 0 radical (unpaired) electrons. The van der Waals surface area contributed by atoms with Gasteiger partial charge in [0.1, 0.15) is 0 Å². The van der Waals surface area contributed by atoms with Crippen LogP contribution in [-0.2, 0) is 19.0 Å². The van der Waals surface area contributed by atoms with Gasteiger partial charge in [-0.15, -0.1) is 0 Å². The van der Waals surface area contributed by atoms with Crippen LogP contribution in [0.4, 0.5) is 0 Å². The predicted octanol–water partition coefficient (Wildman–Crippen LogP) is 0.463. The zero-order chi connectivity index (χ0) is 14.1. The van der Waals surface area contributed by atoms with Crippen LogP contribution >= 0.6 is 0 Å². The van der Waals surface area contributed by atoms with Crippen molar-refractivity contribution in [2.45, 2.75) is 12.8 Å². The van der Waals surface area contributed by atoms with Crippen molar-refractivity contribution in [3.05, 3.63) is 0 Å². The molecule has 1 aliphatic rings. The van der Waals surface area contributed by atoms with Crippen LogP contribution in [0.1, 0.15) is 12.8 Å². The summed E-state index contributed by atoms with van der Waals surface area (Å²) in [4.78, 5) is 13.7. The summed E-state index contributed by atoms with van der Waals surface area (Å²) in [6.45, 7) is 4.19. The molecule has 1 rings (SSSR count). The fourth-order valence-electron chi connectivity index (χ4n) is 2.34. The van der Waals surface area contributed by atoms with Gasteiger partial charge in [-0.2, -0.15) is 0 Å². The molecule has 0 atom stereocenters. The van der Waals surface area contributed by atoms with Crippen LogP contribution in [-0.4, -0.2) is 76.3 Å². The summed E-state index contributed by atoms with van der Waals surface area (Å²) in [6, 6.07) is 0. The fourth-order valence-corrected chi connectivity index (χ4v) is 2.34. The molecule has 1 heterocycles. The lowest BCUT2D eigenvalue weighted by molar-refractivity contribution is -0.157. The third-order valence-electron chi connectivity index (χ3n) is 3.65. The minimum atomic E-state index is -0.726. The van der Waals surface area contributed by atoms with Crippen molar-refractivity contribution in [1.29, 1.82) is 0 Å². The van der Waals surface area contributed by atoms with Crippen molar-refractivity contribution < 1.29 is 24.1 Å². The van der Waals surface area contributed by atoms with E-state index in [1.54, 1.807) is 14.2 Å². The quantitative estimate of drug-likeness (QED) is 0.659. The van der Waals surface area contributed by atoms with E-state index in [1.807, 2.05) is 0 Å². The minimum absolute atomic E-state index is 0.523. The first-order valence-electron chi connectivity index (χ1n) is 6.66. The fraction of sp³-hybridized carbons (Fsp3) is 0.923. The highest BCUT2D eigenvalue weighted by Crippen LogP contribution is 2.31. The number of ether oxygens (including phenoxy) is 3. The maximum absolute atomic E-state index is 11.6. The third-order valence-corrected chi connectivity index (χ3v) is 3.65. The lowest BCUT2D eigenvalue weighted by Gasteiger charge is -2.37. The number of methoxy groups -OCH3 is 2. The van der Waals surface area contributed by atoms with Gasteiger partial charge in [-0.05, 0) is 12.8 Å². The van der Waals surface area contributed by atoms with E-state index in [4.69, 9.17) is 14.2 Å². The van der Waals surface area contributed by atoms with Gasteiger partial charge in [0.25, 0.3) is 0 Å². The Bertz CT molecular complexity index is 258. The Labute approximate surface area is 114 Å². The first-order chi connectivity index (χ1) is 9.14. The molecule has 0 aliphatic carbocycles. The Morgan fingerprint density at radius 1 is 1.21 bits per heavy atom. The van der Waals surface area contributed by atoms with E-state index in [1.165, 1.54) is 0 Å². The molecule has 0 aromatic rings. The Morgan fingerprint density at radius 2 is 1.74 bits per heavy atom. The van der Waals surface area contributed by atoms with Crippen LogP contribution < -0.4 is 0 Å². The standard InChI is InChI=1S/C13H25NO5/c1-17-9-5-14(6-10-18-2)11-13(12(15)16)3-7-19-8-4-13/h3-11H2,1-2H3,(H,15,16). The normalized spacial score (nSPS) is 18.7. The number of carbonyl (C=O) groups is 1. The smallest absolute Gasteiger partial charge is 0.311 e. The van der Waals surface area contributed by atoms with E-state index in [0.29, 0.717) is 45.8 Å². The van der Waals surface area contributed by atoms with E-state index >= 15 is 0 Å². The van der Waals surface area contributed by atoms with Crippen LogP contribution in [0.15, 0.2) is 0 Å². The van der Waals surface area contributed by atoms with E-state index in [0.717, 1.165) is 13.1 Å². The number of rotatable bonds is 9. The van der Waals surface area contributed by atoms with Crippen LogP contribution in [0.3, 0.4) is 0 Å². The molecule has 19 heavy (non-hydrogen) atoms. The Hall–Kier alpha value is -0.690. The van der Waals surface area contributed by atoms with Gasteiger partial charge in [-0.25, -0.2) is 0 Å². The molecule has 1 fully saturated rings. The first-order valence-corrected chi connectivity index (χ1v) is 6.66. The maximum Gasteiger partial charge on any atom is 0.311 e. The summed E-state index contributed by atoms with van der Waals surface area (Å²) in [5.74, 6) is -0.726. The van der Waals surface area contributed by atoms with Gasteiger partial charge in [0.05, 0.1) is 18.6 Å². The monoisotopic (exact) mass is 275 g/mol. The second kappa shape index (κ2) is 8.47. The average molecular weight is 275 g/mol. The molecule has 1 N–H and O–H groups in total. The van der Waals surface area contributed by atoms with E-state index in [2.05, 4.69) is 4.90 Å². The van der Waals surface area contributed by atoms with Crippen LogP contribution in [0, 0.1) is 5.41 Å². The van der Waals surface area contributed by atoms with Crippen LogP contribution in [0.25, 0.3) is 0 Å². The summed E-state index contributed by atoms with van der Waals surface area (Å²) in [6.07, 6.45) is 1.14. The van der Waals surface area contributed by atoms with Crippen molar-refractivity contribution in [3.63, 3.8) is 0 Å². The van der Waals surface area contributed by atoms with Gasteiger partial charge in [0.2, 0.25) is 0 Å². The van der Waals surface area contributed by atoms with Gasteiger partial charge >= 0.3 is 5.97 Å². The van der Waals surface area contributed by atoms with Crippen molar-refractivity contribution in [3.8, 4) is 0 Å². The highest BCUT2D eigenvalue weighted by atomic mass is 16.5. The molecule has 0 aromatic heterocycles. The number of carboxylic acid groups (broad SMARTS) is 1. The van der Waals surface area contributed by atoms with E-state index < -0.39 is 11.4 Å². The molecule has 0 unspecified atom stereocenters. The summed E-state index contributed by atoms with van der Waals surface area (Å²) in [5, 5.41) is 9.54. The molecule has 0 spiro atoms. The zero-order valence-corrected chi connectivity index (χ0v) is 11.9. The molecule has 1 saturated heterocycles. The zero-order valence-electron chi connectivity index (χ0n) is 11.9. The van der Waals surface area contributed by atoms with Gasteiger partial charge in [-0.3, -0.25) is 9.69 Å². The summed E-state index contributed by atoms with van der Waals surface area (Å²) in [5.41, 5.74) is -0.695. The van der Waals surface area contributed by atoms with Crippen molar-refractivity contribution in [2.24, 2.45) is 5.41 Å².